The Hall–Kier alpha value is -4.51. The molecular weight excluding hydrogens is 530 g/mol. The van der Waals surface area contributed by atoms with Gasteiger partial charge in [0.1, 0.15) is 33.7 Å². The van der Waals surface area contributed by atoms with Gasteiger partial charge in [0.05, 0.1) is 19.8 Å². The number of Topliss-reactive ketones (excluding diaryl/α,β-unsaturated/α-hetero) is 2. The fourth-order valence-corrected chi connectivity index (χ4v) is 6.05. The van der Waals surface area contributed by atoms with Gasteiger partial charge in [-0.2, -0.15) is 0 Å². The van der Waals surface area contributed by atoms with E-state index in [4.69, 9.17) is 25.8 Å². The Bertz CT molecular complexity index is 1740. The second kappa shape index (κ2) is 8.50. The molecule has 4 N–H and O–H groups in total. The molecule has 3 unspecified atom stereocenters. The number of fused-ring (bicyclic) bond motifs is 2. The lowest BCUT2D eigenvalue weighted by Gasteiger charge is -2.42. The average molecular weight is 552 g/mol. The number of rotatable bonds is 3. The molecular formula is C27H22ClN3O8. The summed E-state index contributed by atoms with van der Waals surface area (Å²) in [6, 6.07) is 7.44. The number of anilines is 1. The summed E-state index contributed by atoms with van der Waals surface area (Å²) in [5, 5.41) is 12.9. The summed E-state index contributed by atoms with van der Waals surface area (Å²) in [7, 11) is 2.78. The number of benzene rings is 2. The first-order valence-corrected chi connectivity index (χ1v) is 12.4. The number of allylic oxidation sites excluding steroid dienone is 1. The van der Waals surface area contributed by atoms with E-state index in [0.717, 1.165) is 0 Å². The zero-order valence-electron chi connectivity index (χ0n) is 20.9. The number of hydrogen-bond acceptors (Lipinski definition) is 9. The third kappa shape index (κ3) is 3.29. The molecule has 3 aliphatic rings. The normalized spacial score (nSPS) is 23.1. The molecule has 3 heterocycles. The van der Waals surface area contributed by atoms with Gasteiger partial charge in [0.15, 0.2) is 5.75 Å². The van der Waals surface area contributed by atoms with Gasteiger partial charge in [-0.1, -0.05) is 30.7 Å². The summed E-state index contributed by atoms with van der Waals surface area (Å²) in [5.74, 6) is -2.48. The number of ketones is 2. The van der Waals surface area contributed by atoms with Crippen molar-refractivity contribution in [2.45, 2.75) is 24.9 Å². The predicted molar refractivity (Wildman–Crippen MR) is 139 cm³/mol. The molecule has 0 saturated heterocycles. The molecule has 6 rings (SSSR count). The van der Waals surface area contributed by atoms with Crippen LogP contribution in [0.3, 0.4) is 0 Å². The highest BCUT2D eigenvalue weighted by atomic mass is 35.5. The molecule has 0 saturated carbocycles. The largest absolute Gasteiger partial charge is 0.508 e. The van der Waals surface area contributed by atoms with Crippen LogP contribution in [0.5, 0.6) is 23.0 Å². The van der Waals surface area contributed by atoms with Crippen LogP contribution in [-0.4, -0.2) is 46.5 Å². The van der Waals surface area contributed by atoms with Crippen molar-refractivity contribution < 1.29 is 28.9 Å². The first kappa shape index (κ1) is 24.8. The number of carbonyl (C=O) groups is 2. The van der Waals surface area contributed by atoms with E-state index < -0.39 is 40.3 Å². The van der Waals surface area contributed by atoms with Gasteiger partial charge < -0.3 is 24.6 Å². The average Bonchev–Trinajstić information content (AvgIpc) is 3.22. The molecule has 0 fully saturated rings. The summed E-state index contributed by atoms with van der Waals surface area (Å²) >= 11 is 6.53. The van der Waals surface area contributed by atoms with E-state index in [1.54, 1.807) is 19.1 Å². The van der Waals surface area contributed by atoms with Gasteiger partial charge in [0.2, 0.25) is 17.2 Å². The zero-order chi connectivity index (χ0) is 27.8. The highest BCUT2D eigenvalue weighted by Gasteiger charge is 2.63. The van der Waals surface area contributed by atoms with Crippen molar-refractivity contribution in [3.05, 3.63) is 84.2 Å². The summed E-state index contributed by atoms with van der Waals surface area (Å²) in [6.45, 7) is 1.70. The summed E-state index contributed by atoms with van der Waals surface area (Å²) < 4.78 is 17.0. The number of carbonyl (C=O) groups excluding carboxylic acids is 2. The number of methoxy groups -OCH3 is 2. The molecule has 12 heteroatoms. The molecule has 2 aliphatic heterocycles. The molecule has 3 aromatic rings. The molecule has 1 spiro atoms. The summed E-state index contributed by atoms with van der Waals surface area (Å²) in [4.78, 5) is 58.7. The number of H-pyrrole nitrogens is 2. The van der Waals surface area contributed by atoms with Gasteiger partial charge >= 0.3 is 5.69 Å². The van der Waals surface area contributed by atoms with Crippen molar-refractivity contribution in [3.63, 3.8) is 0 Å². The van der Waals surface area contributed by atoms with Gasteiger partial charge in [0.25, 0.3) is 5.56 Å². The first-order valence-electron chi connectivity index (χ1n) is 12.0. The number of phenols is 1. The van der Waals surface area contributed by atoms with Crippen LogP contribution in [0.25, 0.3) is 0 Å². The SMILES string of the molecule is COc1cc(OC)c2c(c1Cl)OC1(C(=O)C3=C(CC1C)Nc1[nH]c(=O)[nH]c(=O)c1C3c1ccc(O)cc1)C2=O. The van der Waals surface area contributed by atoms with Gasteiger partial charge in [0, 0.05) is 29.2 Å². The predicted octanol–water partition coefficient (Wildman–Crippen LogP) is 2.87. The van der Waals surface area contributed by atoms with Crippen LogP contribution < -0.4 is 30.8 Å². The van der Waals surface area contributed by atoms with Crippen molar-refractivity contribution in [3.8, 4) is 23.0 Å². The maximum atomic E-state index is 14.6. The Morgan fingerprint density at radius 2 is 1.72 bits per heavy atom. The van der Waals surface area contributed by atoms with Gasteiger partial charge in [-0.3, -0.25) is 24.4 Å². The molecule has 0 amide bonds. The number of ether oxygens (including phenoxy) is 3. The second-order valence-electron chi connectivity index (χ2n) is 9.64. The van der Waals surface area contributed by atoms with Crippen molar-refractivity contribution in [2.75, 3.05) is 19.5 Å². The van der Waals surface area contributed by atoms with Crippen molar-refractivity contribution in [2.24, 2.45) is 5.92 Å². The smallest absolute Gasteiger partial charge is 0.327 e. The quantitative estimate of drug-likeness (QED) is 0.359. The third-order valence-corrected chi connectivity index (χ3v) is 7.95. The summed E-state index contributed by atoms with van der Waals surface area (Å²) in [6.07, 6.45) is 0.167. The fourth-order valence-electron chi connectivity index (χ4n) is 5.79. The molecule has 3 atom stereocenters. The molecule has 0 bridgehead atoms. The molecule has 0 radical (unpaired) electrons. The van der Waals surface area contributed by atoms with E-state index in [2.05, 4.69) is 15.3 Å². The number of nitrogens with one attached hydrogen (secondary N) is 3. The van der Waals surface area contributed by atoms with E-state index in [1.165, 1.54) is 32.4 Å². The molecule has 11 nitrogen and oxygen atoms in total. The lowest BCUT2D eigenvalue weighted by molar-refractivity contribution is -0.130. The number of hydrogen-bond donors (Lipinski definition) is 4. The Morgan fingerprint density at radius 3 is 2.38 bits per heavy atom. The van der Waals surface area contributed by atoms with Crippen LogP contribution in [0, 0.1) is 5.92 Å². The van der Waals surface area contributed by atoms with E-state index >= 15 is 0 Å². The van der Waals surface area contributed by atoms with Crippen molar-refractivity contribution in [1.82, 2.24) is 9.97 Å². The lowest BCUT2D eigenvalue weighted by Crippen LogP contribution is -2.58. The highest BCUT2D eigenvalue weighted by Crippen LogP contribution is 2.56. The van der Waals surface area contributed by atoms with Crippen molar-refractivity contribution in [1.29, 1.82) is 0 Å². The van der Waals surface area contributed by atoms with E-state index in [0.29, 0.717) is 11.3 Å². The van der Waals surface area contributed by atoms with Crippen LogP contribution >= 0.6 is 11.6 Å². The number of aromatic amines is 2. The third-order valence-electron chi connectivity index (χ3n) is 7.59. The zero-order valence-corrected chi connectivity index (χ0v) is 21.7. The fraction of sp³-hybridized carbons (Fsp3) is 0.259. The maximum absolute atomic E-state index is 14.6. The molecule has 1 aromatic heterocycles. The van der Waals surface area contributed by atoms with E-state index in [-0.39, 0.29) is 57.0 Å². The highest BCUT2D eigenvalue weighted by molar-refractivity contribution is 6.36. The minimum atomic E-state index is -1.99. The minimum absolute atomic E-state index is 0.0157. The maximum Gasteiger partial charge on any atom is 0.327 e. The Balaban J connectivity index is 1.58. The van der Waals surface area contributed by atoms with E-state index in [9.17, 15) is 24.3 Å². The van der Waals surface area contributed by atoms with Gasteiger partial charge in [-0.25, -0.2) is 4.79 Å². The lowest BCUT2D eigenvalue weighted by atomic mass is 9.66. The second-order valence-corrected chi connectivity index (χ2v) is 10.0. The number of halogens is 1. The standard InChI is InChI=1S/C27H22ClN3O8/c1-10-8-13-17(16(11-4-6-12(32)7-5-11)19-24(29-13)30-26(36)31-25(19)35)22(33)27(10)23(34)18-14(37-2)9-15(38-3)20(28)21(18)39-27/h4-7,9-10,16,32H,8H2,1-3H3,(H3,29,30,31,35,36). The Labute approximate surface area is 225 Å². The molecule has 39 heavy (non-hydrogen) atoms. The Morgan fingerprint density at radius 1 is 1.03 bits per heavy atom. The van der Waals surface area contributed by atoms with Crippen molar-refractivity contribution >= 4 is 29.0 Å². The molecule has 2 aromatic carbocycles. The topological polar surface area (TPSA) is 160 Å². The van der Waals surface area contributed by atoms with Crippen LogP contribution in [0.15, 0.2) is 51.2 Å². The molecule has 1 aliphatic carbocycles. The van der Waals surface area contributed by atoms with Crippen LogP contribution in [0.1, 0.15) is 40.7 Å². The number of phenolic OH excluding ortho intramolecular Hbond substituents is 1. The number of aromatic hydroxyl groups is 1. The monoisotopic (exact) mass is 551 g/mol. The molecule has 200 valence electrons. The minimum Gasteiger partial charge on any atom is -0.508 e. The van der Waals surface area contributed by atoms with E-state index in [1.807, 2.05) is 0 Å². The Kier molecular flexibility index (Phi) is 5.41. The first-order chi connectivity index (χ1) is 18.6. The van der Waals surface area contributed by atoms with Crippen LogP contribution in [0.2, 0.25) is 5.02 Å². The number of aromatic nitrogens is 2. The van der Waals surface area contributed by atoms with Crippen LogP contribution in [0.4, 0.5) is 5.82 Å². The summed E-state index contributed by atoms with van der Waals surface area (Å²) in [5.41, 5.74) is -2.25. The van der Waals surface area contributed by atoms with Gasteiger partial charge in [-0.15, -0.1) is 0 Å². The van der Waals surface area contributed by atoms with Crippen LogP contribution in [-0.2, 0) is 4.79 Å². The van der Waals surface area contributed by atoms with Gasteiger partial charge in [-0.05, 0) is 24.1 Å².